The number of carbonyl (C=O) groups excluding carboxylic acids is 1. The van der Waals surface area contributed by atoms with Gasteiger partial charge >= 0.3 is 0 Å². The molecule has 0 radical (unpaired) electrons. The van der Waals surface area contributed by atoms with Crippen molar-refractivity contribution >= 4 is 40.7 Å². The molecular weight excluding hydrogens is 404 g/mol. The van der Waals surface area contributed by atoms with Gasteiger partial charge in [0.15, 0.2) is 5.11 Å². The van der Waals surface area contributed by atoms with Gasteiger partial charge in [0.05, 0.1) is 17.4 Å². The van der Waals surface area contributed by atoms with Gasteiger partial charge in [-0.25, -0.2) is 0 Å². The number of rotatable bonds is 4. The number of hydrogen-bond acceptors (Lipinski definition) is 4. The molecule has 2 N–H and O–H groups in total. The maximum atomic E-state index is 11.9. The smallest absolute Gasteiger partial charge is 0.273 e. The number of thiocarbonyl (C=S) groups is 1. The van der Waals surface area contributed by atoms with Crippen LogP contribution in [0.4, 0.5) is 5.69 Å². The van der Waals surface area contributed by atoms with Gasteiger partial charge < -0.3 is 5.32 Å². The third-order valence-electron chi connectivity index (χ3n) is 5.39. The molecule has 1 unspecified atom stereocenters. The van der Waals surface area contributed by atoms with Gasteiger partial charge in [-0.1, -0.05) is 72.8 Å². The van der Waals surface area contributed by atoms with Crippen molar-refractivity contribution in [2.45, 2.75) is 12.5 Å². The molecule has 0 spiro atoms. The van der Waals surface area contributed by atoms with Gasteiger partial charge in [0.1, 0.15) is 5.70 Å². The zero-order valence-electron chi connectivity index (χ0n) is 16.7. The average molecular weight is 425 g/mol. The van der Waals surface area contributed by atoms with E-state index in [9.17, 15) is 4.79 Å². The van der Waals surface area contributed by atoms with E-state index in [-0.39, 0.29) is 11.9 Å². The Bertz CT molecular complexity index is 1190. The Morgan fingerprint density at radius 2 is 1.58 bits per heavy atom. The third-order valence-corrected chi connectivity index (χ3v) is 5.59. The first kappa shape index (κ1) is 19.2. The second kappa shape index (κ2) is 8.16. The molecule has 2 aliphatic rings. The van der Waals surface area contributed by atoms with Crippen LogP contribution in [-0.4, -0.2) is 16.7 Å². The molecule has 0 aromatic heterocycles. The molecule has 0 aliphatic carbocycles. The molecule has 5 nitrogen and oxygen atoms in total. The van der Waals surface area contributed by atoms with Crippen molar-refractivity contribution in [1.29, 1.82) is 0 Å². The fourth-order valence-corrected chi connectivity index (χ4v) is 4.06. The lowest BCUT2D eigenvalue weighted by Gasteiger charge is -2.24. The van der Waals surface area contributed by atoms with Crippen molar-refractivity contribution < 1.29 is 4.79 Å². The molecule has 0 bridgehead atoms. The van der Waals surface area contributed by atoms with E-state index in [1.807, 2.05) is 48.5 Å². The van der Waals surface area contributed by atoms with E-state index in [2.05, 4.69) is 52.0 Å². The summed E-state index contributed by atoms with van der Waals surface area (Å²) < 4.78 is 0. The lowest BCUT2D eigenvalue weighted by atomic mass is 9.98. The first-order valence-corrected chi connectivity index (χ1v) is 10.5. The predicted molar refractivity (Wildman–Crippen MR) is 128 cm³/mol. The summed E-state index contributed by atoms with van der Waals surface area (Å²) in [5, 5.41) is 12.9. The van der Waals surface area contributed by atoms with E-state index >= 15 is 0 Å². The molecule has 5 rings (SSSR count). The van der Waals surface area contributed by atoms with Gasteiger partial charge in [0.25, 0.3) is 5.91 Å². The van der Waals surface area contributed by atoms with Crippen LogP contribution in [0, 0.1) is 0 Å². The summed E-state index contributed by atoms with van der Waals surface area (Å²) in [6.07, 6.45) is 2.62. The fraction of sp³-hybridized carbons (Fsp3) is 0.0800. The summed E-state index contributed by atoms with van der Waals surface area (Å²) in [5.41, 5.74) is 5.80. The van der Waals surface area contributed by atoms with E-state index in [1.165, 1.54) is 5.56 Å². The second-order valence-electron chi connectivity index (χ2n) is 7.45. The zero-order valence-corrected chi connectivity index (χ0v) is 17.5. The lowest BCUT2D eigenvalue weighted by molar-refractivity contribution is -0.115. The van der Waals surface area contributed by atoms with Gasteiger partial charge in [-0.2, -0.15) is 5.10 Å². The van der Waals surface area contributed by atoms with Crippen LogP contribution < -0.4 is 15.6 Å². The van der Waals surface area contributed by atoms with Crippen LogP contribution in [0.15, 0.2) is 95.7 Å². The van der Waals surface area contributed by atoms with Crippen LogP contribution in [-0.2, 0) is 4.79 Å². The molecule has 1 fully saturated rings. The number of amides is 1. The standard InChI is InChI=1S/C25H20N4OS/c30-24-22(26-25(31)27-24)15-17-11-13-20(14-12-17)29-23(19-9-5-2-6-10-19)16-21(28-29)18-7-3-1-4-8-18/h1-15,23H,16H2,(H2,26,27,30,31)/b22-15-. The van der Waals surface area contributed by atoms with Crippen molar-refractivity contribution in [3.8, 4) is 0 Å². The Morgan fingerprint density at radius 1 is 0.903 bits per heavy atom. The molecular formula is C25H20N4OS. The molecule has 3 aromatic rings. The summed E-state index contributed by atoms with van der Waals surface area (Å²) in [6, 6.07) is 28.9. The number of carbonyl (C=O) groups is 1. The highest BCUT2D eigenvalue weighted by atomic mass is 32.1. The van der Waals surface area contributed by atoms with Gasteiger partial charge in [0.2, 0.25) is 0 Å². The quantitative estimate of drug-likeness (QED) is 0.482. The fourth-order valence-electron chi connectivity index (χ4n) is 3.86. The number of benzene rings is 3. The average Bonchev–Trinajstić information content (AvgIpc) is 3.39. The maximum absolute atomic E-state index is 11.9. The number of hydrazone groups is 1. The molecule has 1 atom stereocenters. The maximum Gasteiger partial charge on any atom is 0.273 e. The molecule has 152 valence electrons. The molecule has 2 heterocycles. The molecule has 6 heteroatoms. The Balaban J connectivity index is 1.47. The minimum atomic E-state index is -0.213. The summed E-state index contributed by atoms with van der Waals surface area (Å²) in [6.45, 7) is 0. The summed E-state index contributed by atoms with van der Waals surface area (Å²) >= 11 is 4.99. The second-order valence-corrected chi connectivity index (χ2v) is 7.85. The Kier molecular flexibility index (Phi) is 5.06. The molecule has 31 heavy (non-hydrogen) atoms. The summed E-state index contributed by atoms with van der Waals surface area (Å²) in [7, 11) is 0. The van der Waals surface area contributed by atoms with E-state index in [0.29, 0.717) is 10.8 Å². The predicted octanol–water partition coefficient (Wildman–Crippen LogP) is 4.39. The Hall–Kier alpha value is -3.77. The van der Waals surface area contributed by atoms with E-state index in [1.54, 1.807) is 6.08 Å². The Morgan fingerprint density at radius 3 is 2.23 bits per heavy atom. The minimum Gasteiger partial charge on any atom is -0.328 e. The van der Waals surface area contributed by atoms with E-state index < -0.39 is 0 Å². The highest BCUT2D eigenvalue weighted by molar-refractivity contribution is 7.80. The first-order valence-electron chi connectivity index (χ1n) is 10.1. The molecule has 3 aromatic carbocycles. The van der Waals surface area contributed by atoms with Crippen LogP contribution in [0.25, 0.3) is 6.08 Å². The largest absolute Gasteiger partial charge is 0.328 e. The minimum absolute atomic E-state index is 0.125. The van der Waals surface area contributed by atoms with Gasteiger partial charge in [0, 0.05) is 6.42 Å². The van der Waals surface area contributed by atoms with Crippen molar-refractivity contribution in [1.82, 2.24) is 10.6 Å². The number of hydrogen-bond donors (Lipinski definition) is 2. The van der Waals surface area contributed by atoms with E-state index in [4.69, 9.17) is 17.3 Å². The zero-order chi connectivity index (χ0) is 21.2. The van der Waals surface area contributed by atoms with Gasteiger partial charge in [-0.05, 0) is 47.1 Å². The monoisotopic (exact) mass is 424 g/mol. The third kappa shape index (κ3) is 3.98. The first-order chi connectivity index (χ1) is 15.2. The van der Waals surface area contributed by atoms with Crippen LogP contribution >= 0.6 is 12.2 Å². The van der Waals surface area contributed by atoms with Crippen molar-refractivity contribution in [3.63, 3.8) is 0 Å². The van der Waals surface area contributed by atoms with Crippen molar-refractivity contribution in [3.05, 3.63) is 107 Å². The number of anilines is 1. The van der Waals surface area contributed by atoms with Crippen LogP contribution in [0.2, 0.25) is 0 Å². The molecule has 1 amide bonds. The number of nitrogens with one attached hydrogen (secondary N) is 2. The molecule has 0 saturated carbocycles. The van der Waals surface area contributed by atoms with Gasteiger partial charge in [-0.15, -0.1) is 0 Å². The van der Waals surface area contributed by atoms with Crippen LogP contribution in [0.1, 0.15) is 29.2 Å². The van der Waals surface area contributed by atoms with Crippen molar-refractivity contribution in [2.24, 2.45) is 5.10 Å². The highest BCUT2D eigenvalue weighted by Crippen LogP contribution is 2.36. The van der Waals surface area contributed by atoms with E-state index in [0.717, 1.165) is 28.9 Å². The lowest BCUT2D eigenvalue weighted by Crippen LogP contribution is -2.21. The highest BCUT2D eigenvalue weighted by Gasteiger charge is 2.29. The van der Waals surface area contributed by atoms with Crippen LogP contribution in [0.3, 0.4) is 0 Å². The molecule has 2 aliphatic heterocycles. The topological polar surface area (TPSA) is 56.7 Å². The summed E-state index contributed by atoms with van der Waals surface area (Å²) in [4.78, 5) is 11.9. The van der Waals surface area contributed by atoms with Gasteiger partial charge in [-0.3, -0.25) is 15.1 Å². The number of nitrogens with zero attached hydrogens (tertiary/aromatic N) is 2. The Labute approximate surface area is 186 Å². The van der Waals surface area contributed by atoms with Crippen molar-refractivity contribution in [2.75, 3.05) is 5.01 Å². The molecule has 1 saturated heterocycles. The SMILES string of the molecule is O=C1NC(=S)N/C1=C\c1ccc(N2N=C(c3ccccc3)CC2c2ccccc2)cc1. The normalized spacial score (nSPS) is 19.4. The summed E-state index contributed by atoms with van der Waals surface area (Å²) in [5.74, 6) is -0.213. The van der Waals surface area contributed by atoms with Crippen LogP contribution in [0.5, 0.6) is 0 Å².